The van der Waals surface area contributed by atoms with Gasteiger partial charge >= 0.3 is 0 Å². The molecule has 7 heteroatoms. The molecule has 0 aliphatic carbocycles. The van der Waals surface area contributed by atoms with Gasteiger partial charge in [0.2, 0.25) is 0 Å². The molecule has 0 aromatic heterocycles. The molecule has 0 aliphatic heterocycles. The molecule has 1 unspecified atom stereocenters. The van der Waals surface area contributed by atoms with Crippen molar-refractivity contribution in [2.45, 2.75) is 18.6 Å². The lowest BCUT2D eigenvalue weighted by molar-refractivity contribution is -0.384. The number of nitrogens with one attached hydrogen (secondary N) is 2. The maximum Gasteiger partial charge on any atom is 0.292 e. The fourth-order valence-corrected chi connectivity index (χ4v) is 2.00. The monoisotopic (exact) mass is 297 g/mol. The summed E-state index contributed by atoms with van der Waals surface area (Å²) >= 11 is 1.74. The predicted octanol–water partition coefficient (Wildman–Crippen LogP) is 2.51. The van der Waals surface area contributed by atoms with Crippen LogP contribution in [-0.4, -0.2) is 35.9 Å². The van der Waals surface area contributed by atoms with Crippen molar-refractivity contribution in [1.29, 1.82) is 0 Å². The minimum absolute atomic E-state index is 0.0190. The fraction of sp³-hybridized carbons (Fsp3) is 0.462. The smallest absolute Gasteiger partial charge is 0.292 e. The van der Waals surface area contributed by atoms with E-state index in [9.17, 15) is 14.9 Å². The van der Waals surface area contributed by atoms with Crippen molar-refractivity contribution in [2.75, 3.05) is 25.2 Å². The second kappa shape index (κ2) is 7.74. The molecule has 0 heterocycles. The lowest BCUT2D eigenvalue weighted by atomic mass is 10.1. The molecule has 2 N–H and O–H groups in total. The molecular weight excluding hydrogens is 278 g/mol. The van der Waals surface area contributed by atoms with Crippen molar-refractivity contribution < 1.29 is 9.72 Å². The van der Waals surface area contributed by atoms with Crippen molar-refractivity contribution in [3.05, 3.63) is 33.9 Å². The van der Waals surface area contributed by atoms with E-state index in [1.807, 2.05) is 6.26 Å². The van der Waals surface area contributed by atoms with Gasteiger partial charge in [-0.2, -0.15) is 11.8 Å². The van der Waals surface area contributed by atoms with E-state index >= 15 is 0 Å². The Morgan fingerprint density at radius 3 is 2.75 bits per heavy atom. The highest BCUT2D eigenvalue weighted by atomic mass is 32.2. The highest BCUT2D eigenvalue weighted by molar-refractivity contribution is 7.99. The summed E-state index contributed by atoms with van der Waals surface area (Å²) in [5, 5.41) is 17.0. The Balaban J connectivity index is 2.89. The first-order valence-corrected chi connectivity index (χ1v) is 7.55. The molecule has 0 radical (unpaired) electrons. The van der Waals surface area contributed by atoms with Crippen molar-refractivity contribution >= 4 is 29.0 Å². The van der Waals surface area contributed by atoms with Gasteiger partial charge in [-0.3, -0.25) is 14.9 Å². The topological polar surface area (TPSA) is 84.3 Å². The Labute approximate surface area is 122 Å². The van der Waals surface area contributed by atoms with Crippen LogP contribution < -0.4 is 10.6 Å². The molecule has 110 valence electrons. The number of benzene rings is 1. The highest BCUT2D eigenvalue weighted by Gasteiger charge is 2.16. The standard InChI is InChI=1S/C13H19N3O3S/c1-9(20-3)6-7-15-11-8-10(13(17)14-2)4-5-12(11)16(18)19/h4-5,8-9,15H,6-7H2,1-3H3,(H,14,17). The Bertz CT molecular complexity index is 494. The van der Waals surface area contributed by atoms with Gasteiger partial charge in [-0.1, -0.05) is 6.92 Å². The summed E-state index contributed by atoms with van der Waals surface area (Å²) in [5.74, 6) is -0.263. The van der Waals surface area contributed by atoms with Crippen LogP contribution in [0.15, 0.2) is 18.2 Å². The summed E-state index contributed by atoms with van der Waals surface area (Å²) in [7, 11) is 1.52. The zero-order chi connectivity index (χ0) is 15.1. The maximum atomic E-state index is 11.6. The van der Waals surface area contributed by atoms with Crippen molar-refractivity contribution in [1.82, 2.24) is 5.32 Å². The third-order valence-corrected chi connectivity index (χ3v) is 3.99. The van der Waals surface area contributed by atoms with Gasteiger partial charge in [-0.05, 0) is 24.8 Å². The third kappa shape index (κ3) is 4.41. The van der Waals surface area contributed by atoms with Gasteiger partial charge < -0.3 is 10.6 Å². The van der Waals surface area contributed by atoms with Crippen LogP contribution in [0.3, 0.4) is 0 Å². The Hall–Kier alpha value is -1.76. The number of hydrogen-bond donors (Lipinski definition) is 2. The van der Waals surface area contributed by atoms with Crippen molar-refractivity contribution in [3.63, 3.8) is 0 Å². The van der Waals surface area contributed by atoms with E-state index in [0.717, 1.165) is 6.42 Å². The first-order chi connectivity index (χ1) is 9.49. The Morgan fingerprint density at radius 1 is 1.50 bits per heavy atom. The first kappa shape index (κ1) is 16.3. The summed E-state index contributed by atoms with van der Waals surface area (Å²) < 4.78 is 0. The number of nitro groups is 1. The molecule has 0 saturated carbocycles. The number of carbonyl (C=O) groups excluding carboxylic acids is 1. The molecule has 20 heavy (non-hydrogen) atoms. The van der Waals surface area contributed by atoms with Crippen LogP contribution in [0.5, 0.6) is 0 Å². The molecule has 6 nitrogen and oxygen atoms in total. The molecule has 0 saturated heterocycles. The zero-order valence-electron chi connectivity index (χ0n) is 11.8. The molecule has 0 spiro atoms. The minimum Gasteiger partial charge on any atom is -0.379 e. The minimum atomic E-state index is -0.450. The van der Waals surface area contributed by atoms with Gasteiger partial charge in [0.25, 0.3) is 11.6 Å². The summed E-state index contributed by atoms with van der Waals surface area (Å²) in [5.41, 5.74) is 0.761. The SMILES string of the molecule is CNC(=O)c1ccc([N+](=O)[O-])c(NCCC(C)SC)c1. The van der Waals surface area contributed by atoms with Gasteiger partial charge in [0.05, 0.1) is 4.92 Å². The molecular formula is C13H19N3O3S. The van der Waals surface area contributed by atoms with Gasteiger partial charge in [-0.25, -0.2) is 0 Å². The third-order valence-electron chi connectivity index (χ3n) is 2.95. The van der Waals surface area contributed by atoms with Gasteiger partial charge in [0, 0.05) is 30.5 Å². The Morgan fingerprint density at radius 2 is 2.20 bits per heavy atom. The second-order valence-electron chi connectivity index (χ2n) is 4.33. The van der Waals surface area contributed by atoms with E-state index in [2.05, 4.69) is 17.6 Å². The maximum absolute atomic E-state index is 11.6. The molecule has 1 aromatic carbocycles. The molecule has 1 aromatic rings. The number of nitro benzene ring substituents is 1. The summed E-state index contributed by atoms with van der Waals surface area (Å²) in [6, 6.07) is 4.32. The number of rotatable bonds is 7. The Kier molecular flexibility index (Phi) is 6.30. The molecule has 1 amide bonds. The van der Waals surface area contributed by atoms with Crippen molar-refractivity contribution in [3.8, 4) is 0 Å². The van der Waals surface area contributed by atoms with Crippen LogP contribution >= 0.6 is 11.8 Å². The number of anilines is 1. The number of thioether (sulfide) groups is 1. The van der Waals surface area contributed by atoms with Crippen LogP contribution in [0, 0.1) is 10.1 Å². The van der Waals surface area contributed by atoms with Crippen LogP contribution in [-0.2, 0) is 0 Å². The largest absolute Gasteiger partial charge is 0.379 e. The lowest BCUT2D eigenvalue weighted by Crippen LogP contribution is -2.18. The summed E-state index contributed by atoms with van der Waals surface area (Å²) in [6.07, 6.45) is 2.92. The van der Waals surface area contributed by atoms with Crippen molar-refractivity contribution in [2.24, 2.45) is 0 Å². The average molecular weight is 297 g/mol. The van der Waals surface area contributed by atoms with Crippen LogP contribution in [0.4, 0.5) is 11.4 Å². The zero-order valence-corrected chi connectivity index (χ0v) is 12.6. The van der Waals surface area contributed by atoms with E-state index in [4.69, 9.17) is 0 Å². The number of nitrogens with zero attached hydrogens (tertiary/aromatic N) is 1. The summed E-state index contributed by atoms with van der Waals surface area (Å²) in [4.78, 5) is 22.1. The molecule has 0 aliphatic rings. The number of hydrogen-bond acceptors (Lipinski definition) is 5. The van der Waals surface area contributed by atoms with E-state index in [1.54, 1.807) is 11.8 Å². The fourth-order valence-electron chi connectivity index (χ4n) is 1.65. The summed E-state index contributed by atoms with van der Waals surface area (Å²) in [6.45, 7) is 2.72. The lowest BCUT2D eigenvalue weighted by Gasteiger charge is -2.11. The highest BCUT2D eigenvalue weighted by Crippen LogP contribution is 2.25. The molecule has 0 bridgehead atoms. The van der Waals surface area contributed by atoms with Gasteiger partial charge in [-0.15, -0.1) is 0 Å². The quantitative estimate of drug-likeness (QED) is 0.596. The number of carbonyl (C=O) groups is 1. The van der Waals surface area contributed by atoms with Gasteiger partial charge in [0.15, 0.2) is 0 Å². The second-order valence-corrected chi connectivity index (χ2v) is 5.61. The van der Waals surface area contributed by atoms with Crippen LogP contribution in [0.25, 0.3) is 0 Å². The van der Waals surface area contributed by atoms with Crippen LogP contribution in [0.2, 0.25) is 0 Å². The van der Waals surface area contributed by atoms with Gasteiger partial charge in [0.1, 0.15) is 5.69 Å². The predicted molar refractivity (Wildman–Crippen MR) is 82.6 cm³/mol. The van der Waals surface area contributed by atoms with Crippen LogP contribution in [0.1, 0.15) is 23.7 Å². The first-order valence-electron chi connectivity index (χ1n) is 6.26. The molecule has 0 fully saturated rings. The molecule has 1 atom stereocenters. The van der Waals surface area contributed by atoms with E-state index in [0.29, 0.717) is 23.0 Å². The van der Waals surface area contributed by atoms with E-state index in [-0.39, 0.29) is 11.6 Å². The number of amides is 1. The van der Waals surface area contributed by atoms with E-state index < -0.39 is 4.92 Å². The normalized spacial score (nSPS) is 11.8. The molecule has 1 rings (SSSR count). The average Bonchev–Trinajstić information content (AvgIpc) is 2.45. The van der Waals surface area contributed by atoms with E-state index in [1.165, 1.54) is 25.2 Å².